The average molecular weight is 671 g/mol. The Hall–Kier alpha value is -1.56. The number of carbonyl (C=O) groups excluding carboxylic acids is 1. The van der Waals surface area contributed by atoms with Crippen molar-refractivity contribution in [1.29, 1.82) is 0 Å². The Labute approximate surface area is 282 Å². The first kappa shape index (κ1) is 34.3. The van der Waals surface area contributed by atoms with Gasteiger partial charge in [0.15, 0.2) is 11.7 Å². The van der Waals surface area contributed by atoms with Crippen molar-refractivity contribution in [2.24, 2.45) is 45.2 Å². The first-order chi connectivity index (χ1) is 22.2. The third-order valence-corrected chi connectivity index (χ3v) is 15.4. The van der Waals surface area contributed by atoms with E-state index in [-0.39, 0.29) is 53.9 Å². The van der Waals surface area contributed by atoms with Crippen molar-refractivity contribution in [2.75, 3.05) is 38.3 Å². The molecule has 0 aromatic heterocycles. The van der Waals surface area contributed by atoms with E-state index in [2.05, 4.69) is 34.7 Å². The van der Waals surface area contributed by atoms with Crippen LogP contribution in [-0.2, 0) is 24.4 Å². The van der Waals surface area contributed by atoms with Crippen LogP contribution in [0.3, 0.4) is 0 Å². The van der Waals surface area contributed by atoms with E-state index in [0.717, 1.165) is 87.0 Å². The van der Waals surface area contributed by atoms with Crippen molar-refractivity contribution >= 4 is 33.3 Å². The predicted molar refractivity (Wildman–Crippen MR) is 188 cm³/mol. The number of aliphatic imine (C=N–C) groups is 1. The van der Waals surface area contributed by atoms with Gasteiger partial charge in [-0.25, -0.2) is 0 Å². The third kappa shape index (κ3) is 5.87. The third-order valence-electron chi connectivity index (χ3n) is 12.8. The number of Topliss-reactive ketones (excluding diaryl/α,β-unsaturated/α-hetero) is 1. The molecule has 46 heavy (non-hydrogen) atoms. The molecule has 0 unspecified atom stereocenters. The number of rotatable bonds is 9. The van der Waals surface area contributed by atoms with Crippen molar-refractivity contribution < 1.29 is 20.1 Å². The summed E-state index contributed by atoms with van der Waals surface area (Å²) in [7, 11) is 5.84. The van der Waals surface area contributed by atoms with Gasteiger partial charge in [-0.3, -0.25) is 9.79 Å². The van der Waals surface area contributed by atoms with Gasteiger partial charge >= 0.3 is 0 Å². The van der Waals surface area contributed by atoms with Crippen LogP contribution in [0.1, 0.15) is 81.4 Å². The maximum atomic E-state index is 14.1. The number of allylic oxidation sites excluding steroid dienone is 2. The standard InChI is InChI=1S/C36H54N4O4S2/c1-34-10-12-45-46-22-35(28(19-39-33(37)40-35)14-25-13-23(18-38-2)7-8-24(25)20-42)9-3-5-29-31-16-27(34)15-26(21-43)30(6-4-11-41)36(31,34)17-32(29)44/h7-8,13,26-28,30,38,41-43H,3-6,9-12,14-22H2,1-2H3,(H3,37,39,40)/t26-,27+,28+,30+,34-,35+,36-/m0/s1. The molecule has 5 aliphatic rings. The zero-order valence-corrected chi connectivity index (χ0v) is 29.3. The molecule has 2 fully saturated rings. The van der Waals surface area contributed by atoms with Gasteiger partial charge in [0.25, 0.3) is 0 Å². The molecule has 7 atom stereocenters. The smallest absolute Gasteiger partial charge is 0.189 e. The molecule has 0 amide bonds. The van der Waals surface area contributed by atoms with Gasteiger partial charge in [0.05, 0.1) is 12.1 Å². The van der Waals surface area contributed by atoms with Gasteiger partial charge in [0, 0.05) is 55.6 Å². The van der Waals surface area contributed by atoms with Crippen LogP contribution in [0.5, 0.6) is 0 Å². The molecule has 0 radical (unpaired) electrons. The number of benzene rings is 1. The van der Waals surface area contributed by atoms with Crippen molar-refractivity contribution in [3.63, 3.8) is 0 Å². The van der Waals surface area contributed by atoms with Crippen LogP contribution in [0.2, 0.25) is 0 Å². The van der Waals surface area contributed by atoms with Crippen molar-refractivity contribution in [3.8, 4) is 0 Å². The zero-order valence-electron chi connectivity index (χ0n) is 27.7. The molecule has 2 aliphatic heterocycles. The normalized spacial score (nSPS) is 36.2. The monoisotopic (exact) mass is 670 g/mol. The second-order valence-corrected chi connectivity index (χ2v) is 17.5. The Balaban J connectivity index is 1.33. The minimum atomic E-state index is -0.279. The molecule has 10 heteroatoms. The molecule has 8 nitrogen and oxygen atoms in total. The molecule has 2 heterocycles. The number of nitrogens with two attached hydrogens (primary N) is 1. The summed E-state index contributed by atoms with van der Waals surface area (Å²) in [6.07, 6.45) is 8.58. The summed E-state index contributed by atoms with van der Waals surface area (Å²) >= 11 is 0. The van der Waals surface area contributed by atoms with Gasteiger partial charge in [0.2, 0.25) is 0 Å². The quantitative estimate of drug-likeness (QED) is 0.212. The minimum Gasteiger partial charge on any atom is -0.396 e. The number of hydrogen-bond acceptors (Lipinski definition) is 10. The minimum absolute atomic E-state index is 0.00924. The summed E-state index contributed by atoms with van der Waals surface area (Å²) in [6, 6.07) is 6.36. The number of aliphatic hydroxyl groups excluding tert-OH is 3. The van der Waals surface area contributed by atoms with Crippen LogP contribution < -0.4 is 16.4 Å². The van der Waals surface area contributed by atoms with Gasteiger partial charge in [0.1, 0.15) is 0 Å². The maximum absolute atomic E-state index is 14.1. The fraction of sp³-hybridized carbons (Fsp3) is 0.722. The summed E-state index contributed by atoms with van der Waals surface area (Å²) in [5, 5.41) is 37.5. The van der Waals surface area contributed by atoms with Crippen molar-refractivity contribution in [3.05, 3.63) is 46.0 Å². The van der Waals surface area contributed by atoms with Crippen LogP contribution in [0.15, 0.2) is 34.3 Å². The Bertz CT molecular complexity index is 1360. The van der Waals surface area contributed by atoms with Crippen LogP contribution in [0.4, 0.5) is 0 Å². The summed E-state index contributed by atoms with van der Waals surface area (Å²) in [6.45, 7) is 4.20. The first-order valence-electron chi connectivity index (χ1n) is 17.4. The molecule has 1 aromatic carbocycles. The van der Waals surface area contributed by atoms with E-state index in [0.29, 0.717) is 30.6 Å². The Morgan fingerprint density at radius 2 is 2.02 bits per heavy atom. The highest BCUT2D eigenvalue weighted by Gasteiger charge is 2.69. The Morgan fingerprint density at radius 3 is 2.78 bits per heavy atom. The van der Waals surface area contributed by atoms with Crippen LogP contribution in [0, 0.1) is 34.5 Å². The molecule has 6 rings (SSSR count). The molecular formula is C36H54N4O4S2. The summed E-state index contributed by atoms with van der Waals surface area (Å²) in [5.41, 5.74) is 11.8. The lowest BCUT2D eigenvalue weighted by Crippen LogP contribution is -2.62. The highest BCUT2D eigenvalue weighted by molar-refractivity contribution is 8.76. The van der Waals surface area contributed by atoms with E-state index >= 15 is 0 Å². The lowest BCUT2D eigenvalue weighted by atomic mass is 9.47. The molecule has 0 saturated heterocycles. The molecule has 2 saturated carbocycles. The number of carbonyl (C=O) groups is 1. The van der Waals surface area contributed by atoms with Gasteiger partial charge in [-0.2, -0.15) is 0 Å². The summed E-state index contributed by atoms with van der Waals surface area (Å²) in [5.74, 6) is 3.84. The lowest BCUT2D eigenvalue weighted by molar-refractivity contribution is -0.125. The molecule has 3 aliphatic carbocycles. The number of guanidine groups is 1. The van der Waals surface area contributed by atoms with Gasteiger partial charge in [-0.15, -0.1) is 0 Å². The number of ketones is 1. The number of nitrogens with zero attached hydrogens (tertiary/aromatic N) is 1. The molecule has 5 bridgehead atoms. The predicted octanol–water partition coefficient (Wildman–Crippen LogP) is 4.35. The zero-order chi connectivity index (χ0) is 32.5. The fourth-order valence-electron chi connectivity index (χ4n) is 10.5. The maximum Gasteiger partial charge on any atom is 0.189 e. The average Bonchev–Trinajstić information content (AvgIpc) is 3.37. The molecule has 254 valence electrons. The van der Waals surface area contributed by atoms with Crippen molar-refractivity contribution in [1.82, 2.24) is 10.6 Å². The van der Waals surface area contributed by atoms with Crippen LogP contribution >= 0.6 is 21.6 Å². The highest BCUT2D eigenvalue weighted by Crippen LogP contribution is 2.75. The van der Waals surface area contributed by atoms with E-state index in [1.54, 1.807) is 0 Å². The number of nitrogens with one attached hydrogen (secondary N) is 2. The van der Waals surface area contributed by atoms with Gasteiger partial charge in [-0.05, 0) is 110 Å². The summed E-state index contributed by atoms with van der Waals surface area (Å²) < 4.78 is 0. The molecule has 1 aromatic rings. The lowest BCUT2D eigenvalue weighted by Gasteiger charge is -2.57. The second-order valence-electron chi connectivity index (χ2n) is 14.9. The topological polar surface area (TPSA) is 140 Å². The number of hydrogen-bond donors (Lipinski definition) is 6. The first-order valence-corrected chi connectivity index (χ1v) is 19.9. The molecular weight excluding hydrogens is 617 g/mol. The van der Waals surface area contributed by atoms with Gasteiger partial charge < -0.3 is 31.7 Å². The van der Waals surface area contributed by atoms with E-state index in [9.17, 15) is 20.1 Å². The Morgan fingerprint density at radius 1 is 1.17 bits per heavy atom. The van der Waals surface area contributed by atoms with Crippen LogP contribution in [0.25, 0.3) is 0 Å². The largest absolute Gasteiger partial charge is 0.396 e. The SMILES string of the molecule is CNCc1ccc(CO)c(C[C@@H]2CN=C(N)N[C@@]23CCCC2=C4C[C@H]5C[C@@H](CO)[C@@H](CCCO)[C@]4(CC2=O)[C@@]5(C)CCSSC3)c1. The summed E-state index contributed by atoms with van der Waals surface area (Å²) in [4.78, 5) is 18.8. The van der Waals surface area contributed by atoms with Gasteiger partial charge in [-0.1, -0.05) is 52.3 Å². The van der Waals surface area contributed by atoms with E-state index < -0.39 is 0 Å². The van der Waals surface area contributed by atoms with E-state index in [4.69, 9.17) is 5.73 Å². The Kier molecular flexibility index (Phi) is 10.5. The number of aliphatic hydroxyl groups is 3. The second kappa shape index (κ2) is 14.1. The van der Waals surface area contributed by atoms with E-state index in [1.165, 1.54) is 16.7 Å². The van der Waals surface area contributed by atoms with Crippen molar-refractivity contribution in [2.45, 2.75) is 89.8 Å². The highest BCUT2D eigenvalue weighted by atomic mass is 33.1. The molecule has 2 spiro atoms. The fourth-order valence-corrected chi connectivity index (χ4v) is 13.4. The molecule has 7 N–H and O–H groups in total. The van der Waals surface area contributed by atoms with Crippen LogP contribution in [-0.4, -0.2) is 70.9 Å². The van der Waals surface area contributed by atoms with E-state index in [1.807, 2.05) is 34.7 Å².